The third-order valence-electron chi connectivity index (χ3n) is 26.7. The number of nitrogens with one attached hydrogen (secondary N) is 6. The number of aromatic nitrogens is 2. The number of phenolic OH excluding ortho intramolecular Hbond substituents is 2. The predicted octanol–water partition coefficient (Wildman–Crippen LogP) is 7.52. The SMILES string of the molecule is COc1ccc2[nH]c3c(c2c1)C[C@@H](CN)N[C@]31CS[C@@H]2c3c(OC(C)=O)c(C)c4c(c3[C@H](COC1=O)N1[C@@H]2[C@@H]2N[C@@H](C(C)c3cc(C)c(OC)c(O)c32)[C@@H]1O)OC(c1cccc2[nH]c3c(c12)C[C@H](CN)N[C@]31CS[C@@H]2c3c(OC(C)=O)c(C)c5c(c3[C@H](COC1=O)N1[C@@H]2[C@@H]2N[C@@H](C(C)c3cc(C)c(OC)c(O)c32)[C@@H]1O)OCO5)O4. The van der Waals surface area contributed by atoms with Crippen LogP contribution in [0.2, 0.25) is 0 Å². The minimum absolute atomic E-state index is 0.00328. The third-order valence-corrected chi connectivity index (χ3v) is 29.6. The standard InChI is InChI=1S/C83H90N10O19S2/c1-29-17-41-31(3)57-77(98)92-48-24-105-81(101)83(27-114-73(61(92)59(88-57)51(41)63(96)65(29)103-10)55-53(48)71-69(107-28-108-71)33(5)67(55)109-35(7)94)76-45(20-38(23-85)91-83)50-40(13-12-14-47(50)87-76)79-111-70-34(6)68(110-36(8)95)56-54(72(70)112-79)49-25-106-80(100)82(75-44(19-37(22-84)90-82)43-21-39(102-9)15-16-46(43)86-75)26-113-74(56)62-60-52-42(18-30(2)66(104-11)64(52)97)32(4)58(89-60)78(99)93(49)62/h12-18,21,31-32,37-38,48-49,57-62,73-74,77-79,86-91,96-99H,19-20,22-28,84-85H2,1-11H3/t31?,32?,37-,38+,48-,49-,57-,58-,59+,60+,61+,62+,73+,74+,77-,78-,79?,82+,83+/m0/s1. The molecule has 8 bridgehead atoms. The van der Waals surface area contributed by atoms with Gasteiger partial charge >= 0.3 is 23.9 Å². The van der Waals surface area contributed by atoms with Crippen LogP contribution < -0.4 is 75.4 Å². The molecule has 0 aliphatic carbocycles. The Hall–Kier alpha value is -9.22. The van der Waals surface area contributed by atoms with Crippen molar-refractivity contribution in [2.45, 2.75) is 181 Å². The number of aryl methyl sites for hydroxylation is 2. The summed E-state index contributed by atoms with van der Waals surface area (Å²) < 4.78 is 71.8. The lowest BCUT2D eigenvalue weighted by atomic mass is 9.71. The minimum Gasteiger partial charge on any atom is -0.504 e. The second-order valence-electron chi connectivity index (χ2n) is 32.5. The molecule has 4 fully saturated rings. The number of hydrogen-bond donors (Lipinski definition) is 12. The molecule has 2 spiro atoms. The molecule has 3 unspecified atom stereocenters. The van der Waals surface area contributed by atoms with Crippen molar-refractivity contribution >= 4 is 69.2 Å². The summed E-state index contributed by atoms with van der Waals surface area (Å²) in [5, 5.41) is 66.9. The number of hydrogen-bond acceptors (Lipinski definition) is 29. The van der Waals surface area contributed by atoms with Crippen molar-refractivity contribution in [1.29, 1.82) is 0 Å². The van der Waals surface area contributed by atoms with Gasteiger partial charge < -0.3 is 105 Å². The zero-order valence-corrected chi connectivity index (χ0v) is 66.2. The van der Waals surface area contributed by atoms with E-state index in [0.717, 1.165) is 33.2 Å². The molecule has 14 aliphatic rings. The second-order valence-corrected chi connectivity index (χ2v) is 34.8. The number of esters is 4. The van der Waals surface area contributed by atoms with Gasteiger partial charge in [-0.15, -0.1) is 23.5 Å². The van der Waals surface area contributed by atoms with Gasteiger partial charge in [0.05, 0.1) is 79.5 Å². The summed E-state index contributed by atoms with van der Waals surface area (Å²) in [7, 11) is 4.64. The fraction of sp³-hybridized carbons (Fsp3) is 0.470. The van der Waals surface area contributed by atoms with Crippen molar-refractivity contribution < 1.29 is 91.7 Å². The van der Waals surface area contributed by atoms with E-state index in [2.05, 4.69) is 31.2 Å². The van der Waals surface area contributed by atoms with Crippen molar-refractivity contribution in [3.05, 3.63) is 143 Å². The van der Waals surface area contributed by atoms with E-state index < -0.39 is 131 Å². The van der Waals surface area contributed by atoms with E-state index >= 15 is 9.59 Å². The van der Waals surface area contributed by atoms with Crippen LogP contribution in [-0.2, 0) is 52.6 Å². The van der Waals surface area contributed by atoms with Crippen LogP contribution in [0.1, 0.15) is 175 Å². The lowest BCUT2D eigenvalue weighted by molar-refractivity contribution is -0.166. The van der Waals surface area contributed by atoms with Crippen molar-refractivity contribution in [3.8, 4) is 63.2 Å². The summed E-state index contributed by atoms with van der Waals surface area (Å²) in [5.41, 5.74) is 22.1. The van der Waals surface area contributed by atoms with Crippen LogP contribution in [0.15, 0.2) is 48.5 Å². The molecule has 8 aromatic rings. The van der Waals surface area contributed by atoms with E-state index in [9.17, 15) is 30.0 Å². The lowest BCUT2D eigenvalue weighted by Crippen LogP contribution is -2.70. The third kappa shape index (κ3) is 10.0. The molecule has 0 amide bonds. The van der Waals surface area contributed by atoms with Crippen LogP contribution in [0.4, 0.5) is 0 Å². The molecular weight excluding hydrogens is 1510 g/mol. The summed E-state index contributed by atoms with van der Waals surface area (Å²) in [4.78, 5) is 71.4. The Morgan fingerprint density at radius 1 is 0.588 bits per heavy atom. The lowest BCUT2D eigenvalue weighted by Gasteiger charge is -2.60. The summed E-state index contributed by atoms with van der Waals surface area (Å²) >= 11 is 2.81. The molecule has 16 heterocycles. The number of nitrogens with zero attached hydrogens (tertiary/aromatic N) is 2. The first kappa shape index (κ1) is 73.7. The van der Waals surface area contributed by atoms with Gasteiger partial charge in [-0.1, -0.05) is 38.1 Å². The van der Waals surface area contributed by atoms with Crippen molar-refractivity contribution in [1.82, 2.24) is 41.0 Å². The zero-order valence-electron chi connectivity index (χ0n) is 64.6. The predicted molar refractivity (Wildman–Crippen MR) is 417 cm³/mol. The molecule has 2 aromatic heterocycles. The topological polar surface area (TPSA) is 389 Å². The Morgan fingerprint density at radius 2 is 1.09 bits per heavy atom. The molecule has 22 rings (SSSR count). The number of ether oxygens (including phenoxy) is 11. The first-order valence-electron chi connectivity index (χ1n) is 38.9. The van der Waals surface area contributed by atoms with Gasteiger partial charge in [0.25, 0.3) is 6.29 Å². The molecule has 0 saturated carbocycles. The number of methoxy groups -OCH3 is 3. The highest BCUT2D eigenvalue weighted by atomic mass is 32.2. The maximum atomic E-state index is 16.3. The summed E-state index contributed by atoms with van der Waals surface area (Å²) in [5.74, 6) is -0.471. The quantitative estimate of drug-likeness (QED) is 0.0517. The van der Waals surface area contributed by atoms with E-state index in [0.29, 0.717) is 125 Å². The van der Waals surface area contributed by atoms with Gasteiger partial charge in [-0.3, -0.25) is 30.0 Å². The van der Waals surface area contributed by atoms with E-state index in [1.807, 2.05) is 99.9 Å². The number of fused-ring (bicyclic) bond motifs is 22. The molecule has 19 atom stereocenters. The summed E-state index contributed by atoms with van der Waals surface area (Å²) in [6, 6.07) is 8.19. The van der Waals surface area contributed by atoms with Crippen molar-refractivity contribution in [2.75, 3.05) is 65.9 Å². The van der Waals surface area contributed by atoms with Crippen LogP contribution in [0.25, 0.3) is 21.8 Å². The first-order chi connectivity index (χ1) is 54.9. The van der Waals surface area contributed by atoms with Crippen LogP contribution in [0, 0.1) is 27.7 Å². The number of carbonyl (C=O) groups is 4. The Kier molecular flexibility index (Phi) is 17.1. The molecule has 31 heteroatoms. The highest BCUT2D eigenvalue weighted by Crippen LogP contribution is 2.68. The molecule has 598 valence electrons. The monoisotopic (exact) mass is 1590 g/mol. The average Bonchev–Trinajstić information content (AvgIpc) is 0.952. The maximum Gasteiger partial charge on any atom is 0.333 e. The largest absolute Gasteiger partial charge is 0.504 e. The van der Waals surface area contributed by atoms with Gasteiger partial charge in [0.2, 0.25) is 6.79 Å². The van der Waals surface area contributed by atoms with E-state index in [1.165, 1.54) is 51.6 Å². The van der Waals surface area contributed by atoms with Crippen molar-refractivity contribution in [3.63, 3.8) is 0 Å². The Bertz CT molecular complexity index is 5520. The molecule has 29 nitrogen and oxygen atoms in total. The van der Waals surface area contributed by atoms with E-state index in [-0.39, 0.29) is 85.0 Å². The highest BCUT2D eigenvalue weighted by molar-refractivity contribution is 7.99. The van der Waals surface area contributed by atoms with E-state index in [1.54, 1.807) is 7.11 Å². The number of piperazine rings is 2. The number of aromatic amines is 2. The second kappa shape index (κ2) is 26.4. The van der Waals surface area contributed by atoms with Crippen LogP contribution in [0.3, 0.4) is 0 Å². The molecule has 6 aromatic carbocycles. The summed E-state index contributed by atoms with van der Waals surface area (Å²) in [6.45, 7) is 13.4. The zero-order chi connectivity index (χ0) is 79.2. The van der Waals surface area contributed by atoms with E-state index in [4.69, 9.17) is 63.6 Å². The van der Waals surface area contributed by atoms with Crippen molar-refractivity contribution in [2.24, 2.45) is 11.5 Å². The number of benzene rings is 6. The van der Waals surface area contributed by atoms with Gasteiger partial charge in [0.1, 0.15) is 42.9 Å². The van der Waals surface area contributed by atoms with Gasteiger partial charge in [-0.25, -0.2) is 9.59 Å². The number of thioether (sulfide) groups is 2. The normalized spacial score (nSPS) is 31.8. The number of carbonyl (C=O) groups excluding carboxylic acids is 4. The maximum absolute atomic E-state index is 16.3. The Labute approximate surface area is 663 Å². The number of rotatable bonds is 8. The van der Waals surface area contributed by atoms with Gasteiger partial charge in [0.15, 0.2) is 57.1 Å². The molecule has 14 N–H and O–H groups in total. The Morgan fingerprint density at radius 3 is 1.61 bits per heavy atom. The Balaban J connectivity index is 0.744. The van der Waals surface area contributed by atoms with Gasteiger partial charge in [-0.05, 0) is 98.2 Å². The number of aromatic hydroxyl groups is 2. The number of phenols is 2. The first-order valence-corrected chi connectivity index (χ1v) is 40.9. The molecule has 0 radical (unpaired) electrons. The number of aliphatic hydroxyl groups excluding tert-OH is 2. The fourth-order valence-electron chi connectivity index (χ4n) is 21.9. The molecular formula is C83H90N10O19S2. The summed E-state index contributed by atoms with van der Waals surface area (Å²) in [6.07, 6.45) is -2.98. The van der Waals surface area contributed by atoms with Gasteiger partial charge in [0, 0.05) is 146 Å². The fourth-order valence-corrected chi connectivity index (χ4v) is 25.2. The average molecular weight is 1600 g/mol. The molecule has 4 saturated heterocycles. The van der Waals surface area contributed by atoms with Gasteiger partial charge in [-0.2, -0.15) is 0 Å². The molecule has 114 heavy (non-hydrogen) atoms. The smallest absolute Gasteiger partial charge is 0.333 e. The number of nitrogens with two attached hydrogens (primary N) is 2. The van der Waals surface area contributed by atoms with Crippen LogP contribution in [-0.4, -0.2) is 179 Å². The number of aliphatic hydroxyl groups is 2. The molecule has 14 aliphatic heterocycles. The van der Waals surface area contributed by atoms with Crippen LogP contribution >= 0.6 is 23.5 Å². The number of H-pyrrole nitrogens is 2. The minimum atomic E-state index is -1.71. The highest BCUT2D eigenvalue weighted by Gasteiger charge is 2.65. The van der Waals surface area contributed by atoms with Crippen LogP contribution in [0.5, 0.6) is 63.2 Å².